The fourth-order valence-corrected chi connectivity index (χ4v) is 1.70. The zero-order valence-corrected chi connectivity index (χ0v) is 8.36. The van der Waals surface area contributed by atoms with Crippen LogP contribution in [0.5, 0.6) is 0 Å². The molecule has 0 amide bonds. The van der Waals surface area contributed by atoms with Gasteiger partial charge in [-0.15, -0.1) is 11.8 Å². The molecule has 0 aliphatic rings. The van der Waals surface area contributed by atoms with Crippen molar-refractivity contribution in [2.75, 3.05) is 12.3 Å². The molecular weight excluding hydrogens is 204 g/mol. The standard InChI is InChI=1S/C10H11F2NS/c11-5-8(6-13)7-14-10-3-1-9(12)2-4-10/h1-5H,6-7,13H2. The van der Waals surface area contributed by atoms with E-state index in [0.717, 1.165) is 4.90 Å². The Kier molecular flexibility index (Phi) is 4.62. The topological polar surface area (TPSA) is 26.0 Å². The average molecular weight is 215 g/mol. The van der Waals surface area contributed by atoms with Crippen LogP contribution in [0.1, 0.15) is 0 Å². The number of hydrogen-bond donors (Lipinski definition) is 1. The van der Waals surface area contributed by atoms with Crippen LogP contribution in [0.15, 0.2) is 41.1 Å². The van der Waals surface area contributed by atoms with Crippen LogP contribution in [0.25, 0.3) is 0 Å². The summed E-state index contributed by atoms with van der Waals surface area (Å²) in [4.78, 5) is 0.902. The number of benzene rings is 1. The van der Waals surface area contributed by atoms with E-state index >= 15 is 0 Å². The average Bonchev–Trinajstić information content (AvgIpc) is 2.22. The Morgan fingerprint density at radius 3 is 2.50 bits per heavy atom. The molecule has 0 aliphatic heterocycles. The van der Waals surface area contributed by atoms with E-state index in [4.69, 9.17) is 5.73 Å². The third kappa shape index (κ3) is 3.47. The van der Waals surface area contributed by atoms with Gasteiger partial charge in [-0.25, -0.2) is 8.78 Å². The molecule has 1 nitrogen and oxygen atoms in total. The van der Waals surface area contributed by atoms with Crippen molar-refractivity contribution < 1.29 is 8.78 Å². The summed E-state index contributed by atoms with van der Waals surface area (Å²) in [6, 6.07) is 6.08. The lowest BCUT2D eigenvalue weighted by Gasteiger charge is -2.02. The monoisotopic (exact) mass is 215 g/mol. The Bertz CT molecular complexity index is 308. The normalized spacial score (nSPS) is 11.8. The van der Waals surface area contributed by atoms with Crippen molar-refractivity contribution >= 4 is 11.8 Å². The summed E-state index contributed by atoms with van der Waals surface area (Å²) in [7, 11) is 0. The van der Waals surface area contributed by atoms with Gasteiger partial charge in [-0.3, -0.25) is 0 Å². The minimum atomic E-state index is -0.269. The molecule has 1 aromatic rings. The van der Waals surface area contributed by atoms with Gasteiger partial charge in [-0.05, 0) is 29.8 Å². The van der Waals surface area contributed by atoms with Crippen molar-refractivity contribution in [3.63, 3.8) is 0 Å². The molecule has 4 heteroatoms. The van der Waals surface area contributed by atoms with Gasteiger partial charge in [0.25, 0.3) is 0 Å². The first-order valence-corrected chi connectivity index (χ1v) is 5.11. The van der Waals surface area contributed by atoms with E-state index < -0.39 is 0 Å². The zero-order valence-electron chi connectivity index (χ0n) is 7.54. The Hall–Kier alpha value is -0.870. The predicted molar refractivity (Wildman–Crippen MR) is 55.4 cm³/mol. The van der Waals surface area contributed by atoms with E-state index in [1.54, 1.807) is 12.1 Å². The van der Waals surface area contributed by atoms with E-state index in [9.17, 15) is 8.78 Å². The Balaban J connectivity index is 2.49. The highest BCUT2D eigenvalue weighted by Crippen LogP contribution is 2.20. The van der Waals surface area contributed by atoms with Crippen LogP contribution in [0, 0.1) is 5.82 Å². The van der Waals surface area contributed by atoms with E-state index in [-0.39, 0.29) is 12.4 Å². The molecule has 0 aliphatic carbocycles. The summed E-state index contributed by atoms with van der Waals surface area (Å²) >= 11 is 1.43. The molecule has 0 spiro atoms. The first-order valence-electron chi connectivity index (χ1n) is 4.13. The number of nitrogens with two attached hydrogens (primary N) is 1. The smallest absolute Gasteiger partial charge is 0.123 e. The van der Waals surface area contributed by atoms with Crippen molar-refractivity contribution in [1.82, 2.24) is 0 Å². The second-order valence-corrected chi connectivity index (χ2v) is 3.76. The molecule has 14 heavy (non-hydrogen) atoms. The Labute approximate surface area is 86.0 Å². The van der Waals surface area contributed by atoms with E-state index in [2.05, 4.69) is 0 Å². The van der Waals surface area contributed by atoms with Crippen LogP contribution in [-0.4, -0.2) is 12.3 Å². The fourth-order valence-electron chi connectivity index (χ4n) is 0.842. The second-order valence-electron chi connectivity index (χ2n) is 2.71. The lowest BCUT2D eigenvalue weighted by Crippen LogP contribution is -2.04. The van der Waals surface area contributed by atoms with Gasteiger partial charge in [-0.1, -0.05) is 0 Å². The van der Waals surface area contributed by atoms with Gasteiger partial charge in [0.2, 0.25) is 0 Å². The Morgan fingerprint density at radius 2 is 2.00 bits per heavy atom. The van der Waals surface area contributed by atoms with Gasteiger partial charge in [0.15, 0.2) is 0 Å². The molecule has 0 radical (unpaired) electrons. The van der Waals surface area contributed by atoms with Crippen molar-refractivity contribution in [3.05, 3.63) is 42.0 Å². The van der Waals surface area contributed by atoms with Crippen LogP contribution in [0.2, 0.25) is 0 Å². The van der Waals surface area contributed by atoms with Crippen molar-refractivity contribution in [3.8, 4) is 0 Å². The Morgan fingerprint density at radius 1 is 1.36 bits per heavy atom. The molecule has 0 heterocycles. The van der Waals surface area contributed by atoms with Gasteiger partial charge in [0.1, 0.15) is 5.82 Å². The molecule has 1 aromatic carbocycles. The van der Waals surface area contributed by atoms with Crippen molar-refractivity contribution in [2.24, 2.45) is 5.73 Å². The van der Waals surface area contributed by atoms with E-state index in [1.165, 1.54) is 23.9 Å². The third-order valence-corrected chi connectivity index (χ3v) is 2.77. The molecule has 0 bridgehead atoms. The number of hydrogen-bond acceptors (Lipinski definition) is 2. The predicted octanol–water partition coefficient (Wildman–Crippen LogP) is 2.73. The quantitative estimate of drug-likeness (QED) is 0.781. The minimum absolute atomic E-state index is 0.213. The summed E-state index contributed by atoms with van der Waals surface area (Å²) in [5, 5.41) is 0. The lowest BCUT2D eigenvalue weighted by atomic mass is 10.3. The molecule has 0 saturated carbocycles. The zero-order chi connectivity index (χ0) is 10.4. The molecule has 0 unspecified atom stereocenters. The van der Waals surface area contributed by atoms with Gasteiger partial charge >= 0.3 is 0 Å². The van der Waals surface area contributed by atoms with Gasteiger partial charge in [-0.2, -0.15) is 0 Å². The molecule has 0 saturated heterocycles. The summed E-state index contributed by atoms with van der Waals surface area (Å²) in [6.07, 6.45) is 0.524. The molecule has 0 atom stereocenters. The third-order valence-electron chi connectivity index (χ3n) is 1.65. The first-order chi connectivity index (χ1) is 6.76. The van der Waals surface area contributed by atoms with E-state index in [0.29, 0.717) is 17.7 Å². The lowest BCUT2D eigenvalue weighted by molar-refractivity contribution is 0.626. The highest BCUT2D eigenvalue weighted by Gasteiger charge is 1.98. The number of thioether (sulfide) groups is 1. The molecule has 1 rings (SSSR count). The van der Waals surface area contributed by atoms with E-state index in [1.807, 2.05) is 0 Å². The highest BCUT2D eigenvalue weighted by molar-refractivity contribution is 7.99. The van der Waals surface area contributed by atoms with Crippen LogP contribution in [-0.2, 0) is 0 Å². The minimum Gasteiger partial charge on any atom is -0.327 e. The largest absolute Gasteiger partial charge is 0.327 e. The maximum absolute atomic E-state index is 12.5. The summed E-state index contributed by atoms with van der Waals surface area (Å²) in [5.74, 6) is 0.230. The van der Waals surface area contributed by atoms with Crippen molar-refractivity contribution in [2.45, 2.75) is 4.90 Å². The molecule has 2 N–H and O–H groups in total. The fraction of sp³-hybridized carbons (Fsp3) is 0.200. The molecule has 76 valence electrons. The molecule has 0 fully saturated rings. The van der Waals surface area contributed by atoms with Crippen LogP contribution >= 0.6 is 11.8 Å². The van der Waals surface area contributed by atoms with Crippen LogP contribution in [0.4, 0.5) is 8.78 Å². The van der Waals surface area contributed by atoms with Gasteiger partial charge < -0.3 is 5.73 Å². The SMILES string of the molecule is NCC(=CF)CSc1ccc(F)cc1. The molecule has 0 aromatic heterocycles. The summed E-state index contributed by atoms with van der Waals surface area (Å²) < 4.78 is 24.6. The number of halogens is 2. The van der Waals surface area contributed by atoms with Crippen LogP contribution in [0.3, 0.4) is 0 Å². The summed E-state index contributed by atoms with van der Waals surface area (Å²) in [5.41, 5.74) is 5.83. The molecular formula is C10H11F2NS. The maximum atomic E-state index is 12.5. The van der Waals surface area contributed by atoms with Gasteiger partial charge in [0, 0.05) is 17.2 Å². The second kappa shape index (κ2) is 5.78. The van der Waals surface area contributed by atoms with Crippen molar-refractivity contribution in [1.29, 1.82) is 0 Å². The first kappa shape index (κ1) is 11.2. The highest BCUT2D eigenvalue weighted by atomic mass is 32.2. The summed E-state index contributed by atoms with van der Waals surface area (Å²) in [6.45, 7) is 0.213. The maximum Gasteiger partial charge on any atom is 0.123 e. The van der Waals surface area contributed by atoms with Gasteiger partial charge in [0.05, 0.1) is 6.33 Å². The van der Waals surface area contributed by atoms with Crippen LogP contribution < -0.4 is 5.73 Å². The number of rotatable bonds is 4.